The third-order valence-electron chi connectivity index (χ3n) is 4.47. The van der Waals surface area contributed by atoms with E-state index in [-0.39, 0.29) is 0 Å². The topological polar surface area (TPSA) is 47.0 Å². The molecular weight excluding hydrogens is 382 g/mol. The first-order valence-corrected chi connectivity index (χ1v) is 10.6. The molecule has 1 aromatic heterocycles. The Morgan fingerprint density at radius 3 is 2.90 bits per heavy atom. The van der Waals surface area contributed by atoms with E-state index in [1.807, 2.05) is 36.4 Å². The molecule has 1 aromatic carbocycles. The van der Waals surface area contributed by atoms with Crippen molar-refractivity contribution in [3.63, 3.8) is 0 Å². The first-order valence-electron chi connectivity index (χ1n) is 10.0. The molecule has 0 unspecified atom stereocenters. The molecule has 0 aliphatic rings. The first-order chi connectivity index (χ1) is 14.2. The minimum Gasteiger partial charge on any atom is -0.493 e. The normalized spacial score (nSPS) is 11.8. The van der Waals surface area contributed by atoms with Crippen molar-refractivity contribution in [1.82, 2.24) is 9.97 Å². The highest BCUT2D eigenvalue weighted by molar-refractivity contribution is 6.17. The Kier molecular flexibility index (Phi) is 10.1. The second-order valence-electron chi connectivity index (χ2n) is 6.97. The Bertz CT molecular complexity index is 883. The van der Waals surface area contributed by atoms with E-state index in [4.69, 9.17) is 16.3 Å². The SMILES string of the molecule is C=C=C/C=C\C=C(\CCCNc1ncnc2cc(OCCCCl)ccc12)C(C)C. The summed E-state index contributed by atoms with van der Waals surface area (Å²) >= 11 is 5.70. The predicted molar refractivity (Wildman–Crippen MR) is 124 cm³/mol. The van der Waals surface area contributed by atoms with Crippen LogP contribution in [0.1, 0.15) is 33.1 Å². The maximum absolute atomic E-state index is 5.70. The van der Waals surface area contributed by atoms with Gasteiger partial charge in [0.2, 0.25) is 0 Å². The molecule has 2 aromatic rings. The van der Waals surface area contributed by atoms with Gasteiger partial charge in [-0.1, -0.05) is 44.2 Å². The average Bonchev–Trinajstić information content (AvgIpc) is 2.72. The van der Waals surface area contributed by atoms with Gasteiger partial charge >= 0.3 is 0 Å². The van der Waals surface area contributed by atoms with Gasteiger partial charge in [0.15, 0.2) is 0 Å². The van der Waals surface area contributed by atoms with Crippen LogP contribution in [0.4, 0.5) is 5.82 Å². The second-order valence-corrected chi connectivity index (χ2v) is 7.35. The van der Waals surface area contributed by atoms with Crippen LogP contribution in [0.25, 0.3) is 10.9 Å². The van der Waals surface area contributed by atoms with Crippen LogP contribution in [0.5, 0.6) is 5.75 Å². The number of aromatic nitrogens is 2. The Morgan fingerprint density at radius 1 is 1.28 bits per heavy atom. The van der Waals surface area contributed by atoms with Crippen LogP contribution in [0.15, 0.2) is 66.7 Å². The summed E-state index contributed by atoms with van der Waals surface area (Å²) in [5.74, 6) is 2.77. The lowest BCUT2D eigenvalue weighted by atomic mass is 9.98. The van der Waals surface area contributed by atoms with Crippen LogP contribution >= 0.6 is 11.6 Å². The average molecular weight is 412 g/mol. The quantitative estimate of drug-likeness (QED) is 0.192. The maximum Gasteiger partial charge on any atom is 0.137 e. The fraction of sp³-hybridized carbons (Fsp3) is 0.375. The summed E-state index contributed by atoms with van der Waals surface area (Å²) in [4.78, 5) is 8.78. The van der Waals surface area contributed by atoms with Gasteiger partial charge in [0.25, 0.3) is 0 Å². The van der Waals surface area contributed by atoms with Crippen molar-refractivity contribution in [2.45, 2.75) is 33.1 Å². The van der Waals surface area contributed by atoms with E-state index < -0.39 is 0 Å². The zero-order chi connectivity index (χ0) is 20.9. The van der Waals surface area contributed by atoms with Gasteiger partial charge in [0.1, 0.15) is 17.9 Å². The van der Waals surface area contributed by atoms with E-state index >= 15 is 0 Å². The summed E-state index contributed by atoms with van der Waals surface area (Å²) in [6.45, 7) is 9.46. The van der Waals surface area contributed by atoms with Crippen molar-refractivity contribution >= 4 is 28.3 Å². The van der Waals surface area contributed by atoms with E-state index in [2.05, 4.69) is 47.5 Å². The van der Waals surface area contributed by atoms with Crippen molar-refractivity contribution in [2.24, 2.45) is 5.92 Å². The maximum atomic E-state index is 5.70. The highest BCUT2D eigenvalue weighted by atomic mass is 35.5. The number of ether oxygens (including phenoxy) is 1. The van der Waals surface area contributed by atoms with Crippen LogP contribution in [0.3, 0.4) is 0 Å². The van der Waals surface area contributed by atoms with Crippen molar-refractivity contribution in [1.29, 1.82) is 0 Å². The monoisotopic (exact) mass is 411 g/mol. The lowest BCUT2D eigenvalue weighted by molar-refractivity contribution is 0.318. The van der Waals surface area contributed by atoms with Crippen LogP contribution in [0.2, 0.25) is 0 Å². The molecule has 4 nitrogen and oxygen atoms in total. The van der Waals surface area contributed by atoms with Crippen LogP contribution in [-0.2, 0) is 0 Å². The smallest absolute Gasteiger partial charge is 0.137 e. The number of anilines is 1. The van der Waals surface area contributed by atoms with Gasteiger partial charge in [-0.3, -0.25) is 0 Å². The number of nitrogens with one attached hydrogen (secondary N) is 1. The van der Waals surface area contributed by atoms with E-state index in [1.54, 1.807) is 6.33 Å². The summed E-state index contributed by atoms with van der Waals surface area (Å²) in [5.41, 5.74) is 5.04. The molecule has 0 radical (unpaired) electrons. The Balaban J connectivity index is 1.95. The van der Waals surface area contributed by atoms with E-state index in [0.717, 1.165) is 48.3 Å². The van der Waals surface area contributed by atoms with Crippen LogP contribution < -0.4 is 10.1 Å². The number of allylic oxidation sites excluding steroid dienone is 5. The van der Waals surface area contributed by atoms with Gasteiger partial charge in [-0.2, -0.15) is 0 Å². The van der Waals surface area contributed by atoms with Gasteiger partial charge in [0.05, 0.1) is 12.1 Å². The Hall–Kier alpha value is -2.55. The lowest BCUT2D eigenvalue weighted by Gasteiger charge is -2.12. The molecular formula is C24H30ClN3O. The molecule has 0 bridgehead atoms. The molecule has 0 fully saturated rings. The molecule has 29 heavy (non-hydrogen) atoms. The Morgan fingerprint density at radius 2 is 2.14 bits per heavy atom. The van der Waals surface area contributed by atoms with Crippen LogP contribution in [-0.4, -0.2) is 29.0 Å². The number of hydrogen-bond donors (Lipinski definition) is 1. The fourth-order valence-corrected chi connectivity index (χ4v) is 2.99. The summed E-state index contributed by atoms with van der Waals surface area (Å²) in [7, 11) is 0. The number of halogens is 1. The standard InChI is InChI=1S/C24H30ClN3O/c1-4-5-6-7-10-20(19(2)3)11-8-15-26-24-22-13-12-21(29-16-9-14-25)17-23(22)27-18-28-24/h5-7,10,12-13,17-19H,1,8-9,11,14-16H2,2-3H3,(H,26,27,28)/b7-6-,20-10-. The molecule has 0 atom stereocenters. The Labute approximate surface area is 179 Å². The molecule has 154 valence electrons. The number of rotatable bonds is 12. The molecule has 1 N–H and O–H groups in total. The predicted octanol–water partition coefficient (Wildman–Crippen LogP) is 6.31. The van der Waals surface area contributed by atoms with Gasteiger partial charge in [-0.15, -0.1) is 17.3 Å². The van der Waals surface area contributed by atoms with E-state index in [1.165, 1.54) is 5.57 Å². The molecule has 1 heterocycles. The lowest BCUT2D eigenvalue weighted by Crippen LogP contribution is -2.06. The number of nitrogens with zero attached hydrogens (tertiary/aromatic N) is 2. The molecule has 0 aliphatic heterocycles. The summed E-state index contributed by atoms with van der Waals surface area (Å²) < 4.78 is 5.70. The zero-order valence-electron chi connectivity index (χ0n) is 17.3. The summed E-state index contributed by atoms with van der Waals surface area (Å²) in [5, 5.41) is 4.45. The minimum absolute atomic E-state index is 0.518. The number of benzene rings is 1. The number of hydrogen-bond acceptors (Lipinski definition) is 4. The van der Waals surface area contributed by atoms with Gasteiger partial charge in [-0.05, 0) is 43.4 Å². The largest absolute Gasteiger partial charge is 0.493 e. The zero-order valence-corrected chi connectivity index (χ0v) is 18.1. The first kappa shape index (κ1) is 22.7. The highest BCUT2D eigenvalue weighted by Gasteiger charge is 2.06. The van der Waals surface area contributed by atoms with E-state index in [9.17, 15) is 0 Å². The van der Waals surface area contributed by atoms with E-state index in [0.29, 0.717) is 18.4 Å². The minimum atomic E-state index is 0.518. The summed E-state index contributed by atoms with van der Waals surface area (Å²) in [6, 6.07) is 5.90. The van der Waals surface area contributed by atoms with Crippen molar-refractivity contribution in [2.75, 3.05) is 24.3 Å². The van der Waals surface area contributed by atoms with Crippen LogP contribution in [0, 0.1) is 5.92 Å². The second kappa shape index (κ2) is 12.8. The third-order valence-corrected chi connectivity index (χ3v) is 4.73. The molecule has 2 rings (SSSR count). The summed E-state index contributed by atoms with van der Waals surface area (Å²) in [6.07, 6.45) is 12.5. The number of fused-ring (bicyclic) bond motifs is 1. The fourth-order valence-electron chi connectivity index (χ4n) is 2.88. The van der Waals surface area contributed by atoms with Gasteiger partial charge in [0, 0.05) is 23.9 Å². The van der Waals surface area contributed by atoms with Crippen molar-refractivity contribution < 1.29 is 4.74 Å². The van der Waals surface area contributed by atoms with Crippen molar-refractivity contribution in [3.8, 4) is 5.75 Å². The molecule has 0 saturated carbocycles. The third kappa shape index (κ3) is 7.77. The molecule has 0 spiro atoms. The van der Waals surface area contributed by atoms with Crippen molar-refractivity contribution in [3.05, 3.63) is 66.7 Å². The highest BCUT2D eigenvalue weighted by Crippen LogP contribution is 2.24. The van der Waals surface area contributed by atoms with Gasteiger partial charge in [-0.25, -0.2) is 9.97 Å². The molecule has 5 heteroatoms. The molecule has 0 amide bonds. The molecule has 0 aliphatic carbocycles. The number of alkyl halides is 1. The van der Waals surface area contributed by atoms with Gasteiger partial charge < -0.3 is 10.1 Å². The molecule has 0 saturated heterocycles.